The molecule has 0 aliphatic carbocycles. The molecule has 0 saturated heterocycles. The van der Waals surface area contributed by atoms with Crippen LogP contribution in [-0.2, 0) is 4.79 Å². The first-order valence-corrected chi connectivity index (χ1v) is 12.3. The monoisotopic (exact) mass is 530 g/mol. The molecule has 1 aliphatic rings. The molecule has 0 fully saturated rings. The van der Waals surface area contributed by atoms with Crippen molar-refractivity contribution in [1.29, 1.82) is 0 Å². The van der Waals surface area contributed by atoms with E-state index in [9.17, 15) is 26.7 Å². The fraction of sp³-hybridized carbons (Fsp3) is 0.310. The van der Waals surface area contributed by atoms with Crippen LogP contribution in [0.15, 0.2) is 71.7 Å². The highest BCUT2D eigenvalue weighted by Gasteiger charge is 2.39. The van der Waals surface area contributed by atoms with Crippen LogP contribution in [0.4, 0.5) is 22.0 Å². The second-order valence-electron chi connectivity index (χ2n) is 9.24. The predicted octanol–water partition coefficient (Wildman–Crippen LogP) is 7.34. The van der Waals surface area contributed by atoms with Gasteiger partial charge in [-0.05, 0) is 47.4 Å². The first kappa shape index (κ1) is 27.3. The van der Waals surface area contributed by atoms with Gasteiger partial charge in [-0.2, -0.15) is 0 Å². The van der Waals surface area contributed by atoms with Gasteiger partial charge in [-0.15, -0.1) is 13.2 Å². The van der Waals surface area contributed by atoms with E-state index >= 15 is 0 Å². The van der Waals surface area contributed by atoms with Crippen molar-refractivity contribution in [3.05, 3.63) is 89.5 Å². The molecule has 2 atom stereocenters. The van der Waals surface area contributed by atoms with Crippen molar-refractivity contribution >= 4 is 11.6 Å². The number of alkyl halides is 3. The van der Waals surface area contributed by atoms with Crippen LogP contribution in [0.25, 0.3) is 11.1 Å². The molecule has 1 amide bonds. The van der Waals surface area contributed by atoms with E-state index in [1.54, 1.807) is 36.2 Å². The Hall–Kier alpha value is -3.75. The zero-order valence-corrected chi connectivity index (χ0v) is 20.9. The van der Waals surface area contributed by atoms with Gasteiger partial charge in [0.1, 0.15) is 17.4 Å². The van der Waals surface area contributed by atoms with Crippen molar-refractivity contribution in [3.8, 4) is 16.9 Å². The molecule has 3 aromatic carbocycles. The van der Waals surface area contributed by atoms with Crippen LogP contribution in [0.3, 0.4) is 0 Å². The lowest BCUT2D eigenvalue weighted by molar-refractivity contribution is -0.274. The molecular formula is C29H27F5N2O2. The molecule has 38 heavy (non-hydrogen) atoms. The topological polar surface area (TPSA) is 41.9 Å². The summed E-state index contributed by atoms with van der Waals surface area (Å²) in [5.41, 5.74) is 2.08. The molecule has 0 radical (unpaired) electrons. The highest BCUT2D eigenvalue weighted by Crippen LogP contribution is 2.39. The number of hydrogen-bond donors (Lipinski definition) is 0. The van der Waals surface area contributed by atoms with Gasteiger partial charge in [0.15, 0.2) is 0 Å². The minimum atomic E-state index is -4.77. The van der Waals surface area contributed by atoms with E-state index in [-0.39, 0.29) is 29.4 Å². The lowest BCUT2D eigenvalue weighted by Crippen LogP contribution is -2.35. The highest BCUT2D eigenvalue weighted by atomic mass is 19.4. The van der Waals surface area contributed by atoms with E-state index in [1.165, 1.54) is 30.3 Å². The van der Waals surface area contributed by atoms with E-state index in [0.29, 0.717) is 17.7 Å². The van der Waals surface area contributed by atoms with Crippen LogP contribution in [0, 0.1) is 17.6 Å². The summed E-state index contributed by atoms with van der Waals surface area (Å²) in [7, 11) is 1.71. The summed E-state index contributed by atoms with van der Waals surface area (Å²) in [6.45, 7) is 2.59. The van der Waals surface area contributed by atoms with Gasteiger partial charge >= 0.3 is 6.36 Å². The van der Waals surface area contributed by atoms with Crippen molar-refractivity contribution in [1.82, 2.24) is 4.90 Å². The van der Waals surface area contributed by atoms with Gasteiger partial charge in [0.05, 0.1) is 17.5 Å². The summed E-state index contributed by atoms with van der Waals surface area (Å²) in [5.74, 6) is -2.56. The van der Waals surface area contributed by atoms with Crippen molar-refractivity contribution < 1.29 is 31.5 Å². The smallest absolute Gasteiger partial charge is 0.406 e. The molecule has 200 valence electrons. The van der Waals surface area contributed by atoms with Crippen LogP contribution >= 0.6 is 0 Å². The number of carbonyl (C=O) groups is 1. The van der Waals surface area contributed by atoms with E-state index in [0.717, 1.165) is 30.5 Å². The number of amides is 1. The van der Waals surface area contributed by atoms with Gasteiger partial charge in [0.25, 0.3) is 0 Å². The number of hydrogen-bond acceptors (Lipinski definition) is 3. The third-order valence-corrected chi connectivity index (χ3v) is 6.55. The molecule has 4 rings (SSSR count). The minimum absolute atomic E-state index is 0.0975. The van der Waals surface area contributed by atoms with Crippen molar-refractivity contribution in [2.75, 3.05) is 13.6 Å². The minimum Gasteiger partial charge on any atom is -0.406 e. The Balaban J connectivity index is 1.63. The maximum atomic E-state index is 14.6. The summed E-state index contributed by atoms with van der Waals surface area (Å²) in [6.07, 6.45) is -2.93. The van der Waals surface area contributed by atoms with Crippen molar-refractivity contribution in [2.24, 2.45) is 10.9 Å². The molecule has 0 bridgehead atoms. The first-order valence-electron chi connectivity index (χ1n) is 12.3. The fourth-order valence-corrected chi connectivity index (χ4v) is 4.61. The van der Waals surface area contributed by atoms with E-state index in [2.05, 4.69) is 9.73 Å². The molecular weight excluding hydrogens is 503 g/mol. The normalized spacial score (nSPS) is 17.3. The second kappa shape index (κ2) is 11.3. The fourth-order valence-electron chi connectivity index (χ4n) is 4.61. The predicted molar refractivity (Wildman–Crippen MR) is 135 cm³/mol. The van der Waals surface area contributed by atoms with Gasteiger partial charge in [-0.3, -0.25) is 9.79 Å². The average Bonchev–Trinajstić information content (AvgIpc) is 3.31. The third kappa shape index (κ3) is 6.20. The van der Waals surface area contributed by atoms with Gasteiger partial charge in [-0.1, -0.05) is 55.8 Å². The Morgan fingerprint density at radius 3 is 2.11 bits per heavy atom. The lowest BCUT2D eigenvalue weighted by Gasteiger charge is -2.24. The number of unbranched alkanes of at least 4 members (excludes halogenated alkanes) is 1. The maximum Gasteiger partial charge on any atom is 0.573 e. The summed E-state index contributed by atoms with van der Waals surface area (Å²) < 4.78 is 70.3. The molecule has 1 aliphatic heterocycles. The second-order valence-corrected chi connectivity index (χ2v) is 9.24. The van der Waals surface area contributed by atoms with Crippen LogP contribution in [0.2, 0.25) is 0 Å². The standard InChI is InChI=1S/C29H27F5N2O2/c1-3-4-16-36(2)28(37)22-17-25(26-23(30)6-5-7-24(26)31)35-27(22)20-10-8-18(9-11-20)19-12-14-21(15-13-19)38-29(32,33)34/h5-15,22,27H,3-4,16-17H2,1-2H3/t22-,27-/m0/s1. The zero-order valence-electron chi connectivity index (χ0n) is 20.9. The summed E-state index contributed by atoms with van der Waals surface area (Å²) >= 11 is 0. The third-order valence-electron chi connectivity index (χ3n) is 6.55. The molecule has 0 unspecified atom stereocenters. The molecule has 0 spiro atoms. The number of rotatable bonds is 8. The molecule has 0 aromatic heterocycles. The van der Waals surface area contributed by atoms with E-state index in [4.69, 9.17) is 0 Å². The first-order chi connectivity index (χ1) is 18.1. The molecule has 0 saturated carbocycles. The molecule has 1 heterocycles. The summed E-state index contributed by atoms with van der Waals surface area (Å²) in [4.78, 5) is 19.6. The van der Waals surface area contributed by atoms with Crippen molar-refractivity contribution in [3.63, 3.8) is 0 Å². The molecule has 4 nitrogen and oxygen atoms in total. The average molecular weight is 531 g/mol. The highest BCUT2D eigenvalue weighted by molar-refractivity contribution is 6.05. The molecule has 9 heteroatoms. The number of ether oxygens (including phenoxy) is 1. The van der Waals surface area contributed by atoms with Gasteiger partial charge in [0.2, 0.25) is 5.91 Å². The summed E-state index contributed by atoms with van der Waals surface area (Å²) in [6, 6.07) is 15.5. The zero-order chi connectivity index (χ0) is 27.4. The van der Waals surface area contributed by atoms with E-state index in [1.807, 2.05) is 6.92 Å². The van der Waals surface area contributed by atoms with E-state index < -0.39 is 30.0 Å². The number of nitrogens with zero attached hydrogens (tertiary/aromatic N) is 2. The van der Waals surface area contributed by atoms with Crippen LogP contribution in [0.5, 0.6) is 5.75 Å². The molecule has 3 aromatic rings. The lowest BCUT2D eigenvalue weighted by atomic mass is 9.89. The Morgan fingerprint density at radius 1 is 0.974 bits per heavy atom. The number of carbonyl (C=O) groups excluding carboxylic acids is 1. The quantitative estimate of drug-likeness (QED) is 0.286. The Labute approximate surface area is 217 Å². The Kier molecular flexibility index (Phi) is 8.14. The number of benzene rings is 3. The van der Waals surface area contributed by atoms with Crippen LogP contribution in [-0.4, -0.2) is 36.5 Å². The number of aliphatic imine (C=N–C) groups is 1. The Bertz CT molecular complexity index is 1280. The van der Waals surface area contributed by atoms with Gasteiger partial charge < -0.3 is 9.64 Å². The Morgan fingerprint density at radius 2 is 1.55 bits per heavy atom. The van der Waals surface area contributed by atoms with Gasteiger partial charge in [0, 0.05) is 25.7 Å². The van der Waals surface area contributed by atoms with Crippen LogP contribution < -0.4 is 4.74 Å². The maximum absolute atomic E-state index is 14.6. The van der Waals surface area contributed by atoms with Crippen molar-refractivity contribution in [2.45, 2.75) is 38.6 Å². The van der Waals surface area contributed by atoms with Crippen LogP contribution in [0.1, 0.15) is 43.4 Å². The molecule has 0 N–H and O–H groups in total. The SMILES string of the molecule is CCCCN(C)C(=O)[C@H]1CC(c2c(F)cccc2F)=N[C@H]1c1ccc(-c2ccc(OC(F)(F)F)cc2)cc1. The van der Waals surface area contributed by atoms with Gasteiger partial charge in [-0.25, -0.2) is 8.78 Å². The number of halogens is 5. The summed E-state index contributed by atoms with van der Waals surface area (Å²) in [5, 5.41) is 0. The largest absolute Gasteiger partial charge is 0.573 e.